The molecule has 1 aromatic carbocycles. The molecule has 0 saturated carbocycles. The molecule has 2 aromatic rings. The van der Waals surface area contributed by atoms with Gasteiger partial charge < -0.3 is 4.90 Å². The molecule has 3 rings (SSSR count). The first-order chi connectivity index (χ1) is 11.4. The molecule has 0 bridgehead atoms. The van der Waals surface area contributed by atoms with Gasteiger partial charge in [0.1, 0.15) is 0 Å². The summed E-state index contributed by atoms with van der Waals surface area (Å²) in [6.07, 6.45) is 3.42. The third kappa shape index (κ3) is 3.32. The molecule has 1 aliphatic rings. The van der Waals surface area contributed by atoms with Crippen molar-refractivity contribution in [2.45, 2.75) is 11.3 Å². The van der Waals surface area contributed by atoms with Crippen LogP contribution in [-0.2, 0) is 9.84 Å². The first kappa shape index (κ1) is 16.6. The molecule has 0 N–H and O–H groups in total. The average Bonchev–Trinajstić information content (AvgIpc) is 3.22. The number of hydrogen-bond donors (Lipinski definition) is 0. The zero-order chi connectivity index (χ0) is 17.3. The topological polar surface area (TPSA) is 91.1 Å². The molecule has 8 heteroatoms. The number of hydrogen-bond acceptors (Lipinski definition) is 7. The number of sulfone groups is 1. The van der Waals surface area contributed by atoms with Crippen LogP contribution in [0.3, 0.4) is 0 Å². The van der Waals surface area contributed by atoms with E-state index < -0.39 is 9.84 Å². The van der Waals surface area contributed by atoms with E-state index in [0.717, 1.165) is 24.4 Å². The monoisotopic (exact) mass is 361 g/mol. The minimum Gasteiger partial charge on any atom is -0.347 e. The second kappa shape index (κ2) is 6.34. The number of carbonyl (C=O) groups excluding carboxylic acids is 1. The summed E-state index contributed by atoms with van der Waals surface area (Å²) in [5.41, 5.74) is 0.324. The van der Waals surface area contributed by atoms with Gasteiger partial charge in [-0.3, -0.25) is 4.79 Å². The van der Waals surface area contributed by atoms with Gasteiger partial charge in [-0.25, -0.2) is 13.4 Å². The first-order valence-corrected chi connectivity index (χ1v) is 10.0. The number of anilines is 1. The number of thiazole rings is 1. The number of benzene rings is 1. The molecule has 0 spiro atoms. The van der Waals surface area contributed by atoms with E-state index in [4.69, 9.17) is 5.26 Å². The molecule has 0 radical (unpaired) electrons. The highest BCUT2D eigenvalue weighted by molar-refractivity contribution is 7.90. The second-order valence-electron chi connectivity index (χ2n) is 5.70. The van der Waals surface area contributed by atoms with E-state index in [2.05, 4.69) is 11.1 Å². The molecule has 0 aliphatic carbocycles. The van der Waals surface area contributed by atoms with Gasteiger partial charge in [0, 0.05) is 24.9 Å². The van der Waals surface area contributed by atoms with Crippen LogP contribution in [0.2, 0.25) is 0 Å². The van der Waals surface area contributed by atoms with Crippen LogP contribution in [-0.4, -0.2) is 38.5 Å². The van der Waals surface area contributed by atoms with Gasteiger partial charge in [-0.05, 0) is 18.6 Å². The van der Waals surface area contributed by atoms with E-state index in [0.29, 0.717) is 17.0 Å². The average molecular weight is 361 g/mol. The van der Waals surface area contributed by atoms with Crippen molar-refractivity contribution in [2.24, 2.45) is 5.92 Å². The lowest BCUT2D eigenvalue weighted by Crippen LogP contribution is -2.18. The van der Waals surface area contributed by atoms with Crippen LogP contribution in [0.1, 0.15) is 21.7 Å². The van der Waals surface area contributed by atoms with Crippen molar-refractivity contribution in [3.05, 3.63) is 40.9 Å². The lowest BCUT2D eigenvalue weighted by molar-refractivity contribution is 0.104. The summed E-state index contributed by atoms with van der Waals surface area (Å²) >= 11 is 1.27. The summed E-state index contributed by atoms with van der Waals surface area (Å²) < 4.78 is 23.3. The molecule has 1 aliphatic heterocycles. The van der Waals surface area contributed by atoms with Gasteiger partial charge in [0.05, 0.1) is 28.0 Å². The van der Waals surface area contributed by atoms with Crippen LogP contribution in [0.25, 0.3) is 0 Å². The van der Waals surface area contributed by atoms with Crippen molar-refractivity contribution in [3.63, 3.8) is 0 Å². The van der Waals surface area contributed by atoms with Crippen LogP contribution in [0.5, 0.6) is 0 Å². The van der Waals surface area contributed by atoms with Crippen molar-refractivity contribution in [1.82, 2.24) is 4.98 Å². The molecule has 24 heavy (non-hydrogen) atoms. The smallest absolute Gasteiger partial charge is 0.204 e. The summed E-state index contributed by atoms with van der Waals surface area (Å²) in [5.74, 6) is -0.250. The zero-order valence-electron chi connectivity index (χ0n) is 13.0. The Kier molecular flexibility index (Phi) is 4.39. The molecule has 0 amide bonds. The number of ketones is 1. The highest BCUT2D eigenvalue weighted by Gasteiger charge is 2.25. The lowest BCUT2D eigenvalue weighted by atomic mass is 10.1. The van der Waals surface area contributed by atoms with Gasteiger partial charge in [-0.1, -0.05) is 23.5 Å². The fraction of sp³-hybridized carbons (Fsp3) is 0.312. The summed E-state index contributed by atoms with van der Waals surface area (Å²) in [7, 11) is -3.36. The Labute approximate surface area is 144 Å². The van der Waals surface area contributed by atoms with Gasteiger partial charge >= 0.3 is 0 Å². The molecule has 1 aromatic heterocycles. The molecular weight excluding hydrogens is 346 g/mol. The maximum Gasteiger partial charge on any atom is 0.204 e. The molecule has 2 heterocycles. The van der Waals surface area contributed by atoms with Gasteiger partial charge in [0.2, 0.25) is 5.78 Å². The fourth-order valence-electron chi connectivity index (χ4n) is 2.57. The van der Waals surface area contributed by atoms with E-state index in [1.807, 2.05) is 4.90 Å². The SMILES string of the molecule is CS(=O)(=O)c1cccc(C(=O)c2cnc(N3CCC(C#N)C3)s2)c1. The van der Waals surface area contributed by atoms with Crippen LogP contribution >= 0.6 is 11.3 Å². The Morgan fingerprint density at radius 3 is 2.92 bits per heavy atom. The number of carbonyl (C=O) groups is 1. The molecule has 6 nitrogen and oxygen atoms in total. The Bertz CT molecular complexity index is 928. The minimum atomic E-state index is -3.36. The first-order valence-electron chi connectivity index (χ1n) is 7.33. The van der Waals surface area contributed by atoms with E-state index in [9.17, 15) is 13.2 Å². The van der Waals surface area contributed by atoms with E-state index in [-0.39, 0.29) is 16.6 Å². The van der Waals surface area contributed by atoms with Crippen LogP contribution in [0, 0.1) is 17.2 Å². The molecule has 1 unspecified atom stereocenters. The Hall–Kier alpha value is -2.24. The number of nitriles is 1. The molecule has 1 atom stereocenters. The van der Waals surface area contributed by atoms with Crippen LogP contribution in [0.4, 0.5) is 5.13 Å². The van der Waals surface area contributed by atoms with E-state index in [1.165, 1.54) is 29.7 Å². The largest absolute Gasteiger partial charge is 0.347 e. The van der Waals surface area contributed by atoms with Gasteiger partial charge in [-0.15, -0.1) is 0 Å². The van der Waals surface area contributed by atoms with E-state index in [1.54, 1.807) is 12.1 Å². The predicted octanol–water partition coefficient (Wildman–Crippen LogP) is 2.13. The van der Waals surface area contributed by atoms with Gasteiger partial charge in [0.25, 0.3) is 0 Å². The zero-order valence-corrected chi connectivity index (χ0v) is 14.6. The van der Waals surface area contributed by atoms with Crippen molar-refractivity contribution in [3.8, 4) is 6.07 Å². The highest BCUT2D eigenvalue weighted by Crippen LogP contribution is 2.29. The van der Waals surface area contributed by atoms with Gasteiger partial charge in [0.15, 0.2) is 15.0 Å². The van der Waals surface area contributed by atoms with E-state index >= 15 is 0 Å². The number of rotatable bonds is 4. The number of aromatic nitrogens is 1. The van der Waals surface area contributed by atoms with Crippen molar-refractivity contribution >= 4 is 32.1 Å². The third-order valence-electron chi connectivity index (χ3n) is 3.88. The Morgan fingerprint density at radius 1 is 1.46 bits per heavy atom. The molecule has 1 fully saturated rings. The molecule has 1 saturated heterocycles. The number of nitrogens with zero attached hydrogens (tertiary/aromatic N) is 3. The Morgan fingerprint density at radius 2 is 2.25 bits per heavy atom. The van der Waals surface area contributed by atoms with Gasteiger partial charge in [-0.2, -0.15) is 5.26 Å². The Balaban J connectivity index is 1.83. The third-order valence-corrected chi connectivity index (χ3v) is 6.05. The predicted molar refractivity (Wildman–Crippen MR) is 91.0 cm³/mol. The minimum absolute atomic E-state index is 0.000469. The van der Waals surface area contributed by atoms with Crippen LogP contribution in [0.15, 0.2) is 35.4 Å². The van der Waals surface area contributed by atoms with Crippen LogP contribution < -0.4 is 4.90 Å². The summed E-state index contributed by atoms with van der Waals surface area (Å²) in [4.78, 5) is 19.4. The van der Waals surface area contributed by atoms with Crippen molar-refractivity contribution in [1.29, 1.82) is 5.26 Å². The summed E-state index contributed by atoms with van der Waals surface area (Å²) in [6.45, 7) is 1.38. The molecule has 124 valence electrons. The quantitative estimate of drug-likeness (QED) is 0.775. The second-order valence-corrected chi connectivity index (χ2v) is 8.72. The highest BCUT2D eigenvalue weighted by atomic mass is 32.2. The standard InChI is InChI=1S/C16H15N3O3S2/c1-24(21,22)13-4-2-3-12(7-13)15(20)14-9-18-16(23-14)19-6-5-11(8-17)10-19/h2-4,7,9,11H,5-6,10H2,1H3. The lowest BCUT2D eigenvalue weighted by Gasteiger charge is -2.12. The maximum atomic E-state index is 12.6. The normalized spacial score (nSPS) is 17.7. The molecular formula is C16H15N3O3S2. The van der Waals surface area contributed by atoms with Crippen molar-refractivity contribution in [2.75, 3.05) is 24.2 Å². The summed E-state index contributed by atoms with van der Waals surface area (Å²) in [5, 5.41) is 9.69. The summed E-state index contributed by atoms with van der Waals surface area (Å²) in [6, 6.07) is 8.26. The fourth-order valence-corrected chi connectivity index (χ4v) is 4.15. The van der Waals surface area contributed by atoms with Crippen molar-refractivity contribution < 1.29 is 13.2 Å². The maximum absolute atomic E-state index is 12.6.